The second kappa shape index (κ2) is 5.21. The van der Waals surface area contributed by atoms with Crippen molar-refractivity contribution in [1.82, 2.24) is 4.90 Å². The number of amides is 1. The third-order valence-corrected chi connectivity index (χ3v) is 3.48. The molecule has 0 bridgehead atoms. The molecule has 0 spiro atoms. The lowest BCUT2D eigenvalue weighted by Crippen LogP contribution is -2.30. The molecule has 0 aliphatic carbocycles. The van der Waals surface area contributed by atoms with Crippen LogP contribution in [-0.4, -0.2) is 29.0 Å². The number of carbonyl (C=O) groups excluding carboxylic acids is 1. The Labute approximate surface area is 102 Å². The average molecular weight is 233 g/mol. The summed E-state index contributed by atoms with van der Waals surface area (Å²) >= 11 is 0. The van der Waals surface area contributed by atoms with Gasteiger partial charge in [0.05, 0.1) is 6.42 Å². The minimum Gasteiger partial charge on any atom is -0.508 e. The van der Waals surface area contributed by atoms with E-state index in [1.165, 1.54) is 0 Å². The molecular weight excluding hydrogens is 214 g/mol. The zero-order valence-corrected chi connectivity index (χ0v) is 10.2. The Morgan fingerprint density at radius 2 is 2.35 bits per heavy atom. The fourth-order valence-corrected chi connectivity index (χ4v) is 2.35. The van der Waals surface area contributed by atoms with Gasteiger partial charge in [-0.05, 0) is 30.0 Å². The molecule has 1 atom stereocenters. The number of hydrogen-bond acceptors (Lipinski definition) is 2. The van der Waals surface area contributed by atoms with Crippen molar-refractivity contribution in [1.29, 1.82) is 0 Å². The average Bonchev–Trinajstić information content (AvgIpc) is 2.77. The molecule has 1 aliphatic heterocycles. The first-order valence-electron chi connectivity index (χ1n) is 6.24. The Morgan fingerprint density at radius 1 is 1.53 bits per heavy atom. The minimum absolute atomic E-state index is 0.173. The van der Waals surface area contributed by atoms with Gasteiger partial charge in [-0.3, -0.25) is 4.79 Å². The predicted octanol–water partition coefficient (Wildman–Crippen LogP) is 2.19. The first-order chi connectivity index (χ1) is 8.19. The highest BCUT2D eigenvalue weighted by Gasteiger charge is 2.24. The van der Waals surface area contributed by atoms with Crippen LogP contribution in [0.4, 0.5) is 0 Å². The van der Waals surface area contributed by atoms with Crippen molar-refractivity contribution >= 4 is 5.91 Å². The van der Waals surface area contributed by atoms with E-state index in [0.29, 0.717) is 12.3 Å². The van der Waals surface area contributed by atoms with Crippen LogP contribution < -0.4 is 0 Å². The molecule has 1 amide bonds. The highest BCUT2D eigenvalue weighted by atomic mass is 16.3. The highest BCUT2D eigenvalue weighted by Crippen LogP contribution is 2.20. The summed E-state index contributed by atoms with van der Waals surface area (Å²) in [5.74, 6) is 1.07. The molecule has 3 heteroatoms. The summed E-state index contributed by atoms with van der Waals surface area (Å²) in [4.78, 5) is 14.0. The minimum atomic E-state index is 0.173. The number of nitrogens with zero attached hydrogens (tertiary/aromatic N) is 1. The number of hydrogen-bond donors (Lipinski definition) is 1. The standard InChI is InChI=1S/C14H19NO2/c1-2-11-6-7-15(10-11)14(17)9-12-4-3-5-13(16)8-12/h3-5,8,11,16H,2,6-7,9-10H2,1H3. The smallest absolute Gasteiger partial charge is 0.227 e. The number of aromatic hydroxyl groups is 1. The van der Waals surface area contributed by atoms with E-state index in [1.54, 1.807) is 18.2 Å². The van der Waals surface area contributed by atoms with Crippen molar-refractivity contribution in [3.8, 4) is 5.75 Å². The van der Waals surface area contributed by atoms with E-state index in [2.05, 4.69) is 6.92 Å². The molecule has 1 saturated heterocycles. The summed E-state index contributed by atoms with van der Waals surface area (Å²) in [6, 6.07) is 6.93. The van der Waals surface area contributed by atoms with E-state index in [9.17, 15) is 9.90 Å². The van der Waals surface area contributed by atoms with Gasteiger partial charge in [0.25, 0.3) is 0 Å². The molecule has 1 aliphatic rings. The Morgan fingerprint density at radius 3 is 3.00 bits per heavy atom. The molecule has 92 valence electrons. The topological polar surface area (TPSA) is 40.5 Å². The number of rotatable bonds is 3. The van der Waals surface area contributed by atoms with Crippen LogP contribution in [0.15, 0.2) is 24.3 Å². The fraction of sp³-hybridized carbons (Fsp3) is 0.500. The normalized spacial score (nSPS) is 19.6. The van der Waals surface area contributed by atoms with Gasteiger partial charge in [0.2, 0.25) is 5.91 Å². The van der Waals surface area contributed by atoms with Crippen LogP contribution in [-0.2, 0) is 11.2 Å². The molecule has 1 heterocycles. The van der Waals surface area contributed by atoms with Crippen LogP contribution in [0, 0.1) is 5.92 Å². The molecule has 1 unspecified atom stereocenters. The number of phenols is 1. The first-order valence-corrected chi connectivity index (χ1v) is 6.24. The highest BCUT2D eigenvalue weighted by molar-refractivity contribution is 5.79. The van der Waals surface area contributed by atoms with Crippen LogP contribution in [0.5, 0.6) is 5.75 Å². The van der Waals surface area contributed by atoms with Crippen LogP contribution in [0.2, 0.25) is 0 Å². The number of benzene rings is 1. The Hall–Kier alpha value is -1.51. The monoisotopic (exact) mass is 233 g/mol. The van der Waals surface area contributed by atoms with Crippen molar-refractivity contribution in [2.45, 2.75) is 26.2 Å². The lowest BCUT2D eigenvalue weighted by atomic mass is 10.1. The summed E-state index contributed by atoms with van der Waals surface area (Å²) in [6.07, 6.45) is 2.67. The molecule has 0 radical (unpaired) electrons. The van der Waals surface area contributed by atoms with E-state index in [4.69, 9.17) is 0 Å². The van der Waals surface area contributed by atoms with Gasteiger partial charge in [-0.2, -0.15) is 0 Å². The van der Waals surface area contributed by atoms with E-state index in [-0.39, 0.29) is 11.7 Å². The van der Waals surface area contributed by atoms with Crippen molar-refractivity contribution in [2.75, 3.05) is 13.1 Å². The maximum atomic E-state index is 12.0. The molecule has 17 heavy (non-hydrogen) atoms. The molecule has 0 aromatic heterocycles. The van der Waals surface area contributed by atoms with Crippen molar-refractivity contribution in [3.05, 3.63) is 29.8 Å². The van der Waals surface area contributed by atoms with Crippen LogP contribution in [0.3, 0.4) is 0 Å². The van der Waals surface area contributed by atoms with Crippen molar-refractivity contribution in [3.63, 3.8) is 0 Å². The van der Waals surface area contributed by atoms with Gasteiger partial charge >= 0.3 is 0 Å². The van der Waals surface area contributed by atoms with Gasteiger partial charge in [-0.1, -0.05) is 25.5 Å². The molecule has 0 saturated carbocycles. The Bertz CT molecular complexity index is 403. The lowest BCUT2D eigenvalue weighted by molar-refractivity contribution is -0.129. The summed E-state index contributed by atoms with van der Waals surface area (Å²) in [6.45, 7) is 3.96. The predicted molar refractivity (Wildman–Crippen MR) is 66.8 cm³/mol. The summed E-state index contributed by atoms with van der Waals surface area (Å²) < 4.78 is 0. The third kappa shape index (κ3) is 2.99. The van der Waals surface area contributed by atoms with Gasteiger partial charge in [0, 0.05) is 13.1 Å². The van der Waals surface area contributed by atoms with Gasteiger partial charge in [0.1, 0.15) is 5.75 Å². The second-order valence-corrected chi connectivity index (χ2v) is 4.75. The van der Waals surface area contributed by atoms with Crippen molar-refractivity contribution in [2.24, 2.45) is 5.92 Å². The van der Waals surface area contributed by atoms with Crippen LogP contribution in [0.1, 0.15) is 25.3 Å². The maximum absolute atomic E-state index is 12.0. The molecule has 1 N–H and O–H groups in total. The summed E-state index contributed by atoms with van der Waals surface area (Å²) in [5.41, 5.74) is 0.884. The van der Waals surface area contributed by atoms with Gasteiger partial charge in [0.15, 0.2) is 0 Å². The fourth-order valence-electron chi connectivity index (χ4n) is 2.35. The van der Waals surface area contributed by atoms with E-state index in [0.717, 1.165) is 31.5 Å². The number of likely N-dealkylation sites (tertiary alicyclic amines) is 1. The molecule has 3 nitrogen and oxygen atoms in total. The number of carbonyl (C=O) groups is 1. The van der Waals surface area contributed by atoms with E-state index < -0.39 is 0 Å². The van der Waals surface area contributed by atoms with Crippen LogP contribution >= 0.6 is 0 Å². The zero-order chi connectivity index (χ0) is 12.3. The Balaban J connectivity index is 1.93. The Kier molecular flexibility index (Phi) is 3.67. The quantitative estimate of drug-likeness (QED) is 0.869. The van der Waals surface area contributed by atoms with E-state index >= 15 is 0 Å². The van der Waals surface area contributed by atoms with Crippen LogP contribution in [0.25, 0.3) is 0 Å². The number of phenolic OH excluding ortho intramolecular Hbond substituents is 1. The first kappa shape index (κ1) is 12.0. The lowest BCUT2D eigenvalue weighted by Gasteiger charge is -2.16. The third-order valence-electron chi connectivity index (χ3n) is 3.48. The summed E-state index contributed by atoms with van der Waals surface area (Å²) in [7, 11) is 0. The molecule has 2 rings (SSSR count). The largest absolute Gasteiger partial charge is 0.508 e. The van der Waals surface area contributed by atoms with Gasteiger partial charge < -0.3 is 10.0 Å². The van der Waals surface area contributed by atoms with Gasteiger partial charge in [-0.25, -0.2) is 0 Å². The zero-order valence-electron chi connectivity index (χ0n) is 10.2. The molecule has 1 aromatic carbocycles. The van der Waals surface area contributed by atoms with Crippen molar-refractivity contribution < 1.29 is 9.90 Å². The SMILES string of the molecule is CCC1CCN(C(=O)Cc2cccc(O)c2)C1. The molecular formula is C14H19NO2. The maximum Gasteiger partial charge on any atom is 0.227 e. The van der Waals surface area contributed by atoms with E-state index in [1.807, 2.05) is 11.0 Å². The molecule has 1 fully saturated rings. The second-order valence-electron chi connectivity index (χ2n) is 4.75. The summed E-state index contributed by atoms with van der Waals surface area (Å²) in [5, 5.41) is 9.35. The van der Waals surface area contributed by atoms with Gasteiger partial charge in [-0.15, -0.1) is 0 Å². The molecule has 1 aromatic rings.